The summed E-state index contributed by atoms with van der Waals surface area (Å²) >= 11 is 0. The van der Waals surface area contributed by atoms with Crippen LogP contribution in [0.2, 0.25) is 0 Å². The number of nitrogens with one attached hydrogen (secondary N) is 1. The summed E-state index contributed by atoms with van der Waals surface area (Å²) in [6.07, 6.45) is 5.62. The second kappa shape index (κ2) is 6.79. The number of carbonyl (C=O) groups excluding carboxylic acids is 1. The number of aryl methyl sites for hydroxylation is 1. The second-order valence-electron chi connectivity index (χ2n) is 10.2. The highest BCUT2D eigenvalue weighted by Gasteiger charge is 2.37. The number of hydrogen-bond acceptors (Lipinski definition) is 2. The molecule has 0 radical (unpaired) electrons. The van der Waals surface area contributed by atoms with Crippen molar-refractivity contribution in [2.45, 2.75) is 77.6 Å². The van der Waals surface area contributed by atoms with Crippen LogP contribution in [0.1, 0.15) is 91.9 Å². The average Bonchev–Trinajstić information content (AvgIpc) is 3.35. The summed E-state index contributed by atoms with van der Waals surface area (Å²) in [5.74, 6) is 1.85. The van der Waals surface area contributed by atoms with Gasteiger partial charge in [0.2, 0.25) is 0 Å². The molecule has 1 aromatic heterocycles. The van der Waals surface area contributed by atoms with Crippen molar-refractivity contribution in [3.63, 3.8) is 0 Å². The van der Waals surface area contributed by atoms with Gasteiger partial charge in [-0.05, 0) is 83.7 Å². The van der Waals surface area contributed by atoms with Gasteiger partial charge in [-0.15, -0.1) is 0 Å². The molecular formula is C25H33NO2. The first-order valence-corrected chi connectivity index (χ1v) is 10.7. The number of hydrogen-bond donors (Lipinski definition) is 1. The van der Waals surface area contributed by atoms with E-state index in [1.807, 2.05) is 6.07 Å². The van der Waals surface area contributed by atoms with Gasteiger partial charge in [-0.2, -0.15) is 0 Å². The van der Waals surface area contributed by atoms with Crippen LogP contribution in [-0.2, 0) is 17.3 Å². The molecule has 3 nitrogen and oxygen atoms in total. The van der Waals surface area contributed by atoms with Crippen molar-refractivity contribution in [3.05, 3.63) is 58.0 Å². The average molecular weight is 380 g/mol. The number of amides is 1. The van der Waals surface area contributed by atoms with Crippen molar-refractivity contribution in [1.82, 2.24) is 5.32 Å². The Morgan fingerprint density at radius 3 is 2.36 bits per heavy atom. The van der Waals surface area contributed by atoms with Gasteiger partial charge in [-0.25, -0.2) is 0 Å². The van der Waals surface area contributed by atoms with E-state index in [0.717, 1.165) is 18.7 Å². The minimum absolute atomic E-state index is 0.0943. The van der Waals surface area contributed by atoms with E-state index in [-0.39, 0.29) is 16.7 Å². The Morgan fingerprint density at radius 2 is 1.71 bits per heavy atom. The van der Waals surface area contributed by atoms with Gasteiger partial charge < -0.3 is 9.73 Å². The first kappa shape index (κ1) is 19.3. The van der Waals surface area contributed by atoms with Crippen molar-refractivity contribution in [2.24, 2.45) is 5.92 Å². The van der Waals surface area contributed by atoms with Gasteiger partial charge in [-0.3, -0.25) is 4.79 Å². The molecule has 1 saturated carbocycles. The molecule has 0 bridgehead atoms. The van der Waals surface area contributed by atoms with Crippen LogP contribution in [0, 0.1) is 12.8 Å². The smallest absolute Gasteiger partial charge is 0.287 e. The fourth-order valence-corrected chi connectivity index (χ4v) is 4.39. The maximum Gasteiger partial charge on any atom is 0.287 e. The number of carbonyl (C=O) groups is 1. The van der Waals surface area contributed by atoms with Gasteiger partial charge >= 0.3 is 0 Å². The normalized spacial score (nSPS) is 19.9. The summed E-state index contributed by atoms with van der Waals surface area (Å²) in [4.78, 5) is 12.3. The molecule has 0 unspecified atom stereocenters. The third-order valence-corrected chi connectivity index (χ3v) is 6.81. The summed E-state index contributed by atoms with van der Waals surface area (Å²) in [7, 11) is 0. The van der Waals surface area contributed by atoms with Crippen molar-refractivity contribution < 1.29 is 9.21 Å². The lowest BCUT2D eigenvalue weighted by molar-refractivity contribution is 0.0922. The van der Waals surface area contributed by atoms with Gasteiger partial charge in [0.15, 0.2) is 5.76 Å². The fraction of sp³-hybridized carbons (Fsp3) is 0.560. The molecule has 2 aromatic rings. The highest BCUT2D eigenvalue weighted by molar-refractivity contribution is 5.91. The number of rotatable bonds is 5. The predicted octanol–water partition coefficient (Wildman–Crippen LogP) is 5.67. The molecule has 0 spiro atoms. The maximum absolute atomic E-state index is 12.3. The molecule has 1 heterocycles. The quantitative estimate of drug-likeness (QED) is 0.727. The Bertz CT molecular complexity index is 899. The number of benzene rings is 1. The Hall–Kier alpha value is -2.03. The lowest BCUT2D eigenvalue weighted by Gasteiger charge is -2.42. The van der Waals surface area contributed by atoms with E-state index in [1.54, 1.807) is 6.07 Å². The number of furan rings is 1. The van der Waals surface area contributed by atoms with E-state index in [1.165, 1.54) is 47.9 Å². The molecule has 150 valence electrons. The molecule has 2 aliphatic rings. The van der Waals surface area contributed by atoms with Crippen LogP contribution in [0.15, 0.2) is 28.7 Å². The SMILES string of the molecule is Cc1cc2c(cc1Cc1ccc(C(=O)NCC3CC3)o1)C(C)(C)CCC2(C)C. The third kappa shape index (κ3) is 3.76. The van der Waals surface area contributed by atoms with Crippen LogP contribution in [0.5, 0.6) is 0 Å². The van der Waals surface area contributed by atoms with Gasteiger partial charge in [0.25, 0.3) is 5.91 Å². The summed E-state index contributed by atoms with van der Waals surface area (Å²) in [5, 5.41) is 2.98. The van der Waals surface area contributed by atoms with E-state index in [4.69, 9.17) is 4.42 Å². The molecule has 4 rings (SSSR count). The van der Waals surface area contributed by atoms with Crippen LogP contribution in [0.4, 0.5) is 0 Å². The van der Waals surface area contributed by atoms with Crippen LogP contribution in [-0.4, -0.2) is 12.5 Å². The van der Waals surface area contributed by atoms with E-state index >= 15 is 0 Å². The Balaban J connectivity index is 1.56. The zero-order chi connectivity index (χ0) is 20.1. The molecule has 1 fully saturated rings. The highest BCUT2D eigenvalue weighted by Crippen LogP contribution is 2.46. The minimum atomic E-state index is -0.0943. The zero-order valence-electron chi connectivity index (χ0n) is 17.9. The first-order chi connectivity index (χ1) is 13.2. The zero-order valence-corrected chi connectivity index (χ0v) is 17.9. The molecule has 2 aliphatic carbocycles. The third-order valence-electron chi connectivity index (χ3n) is 6.81. The van der Waals surface area contributed by atoms with Crippen LogP contribution < -0.4 is 5.32 Å². The molecule has 1 aromatic carbocycles. The van der Waals surface area contributed by atoms with Crippen LogP contribution in [0.3, 0.4) is 0 Å². The molecule has 0 atom stereocenters. The fourth-order valence-electron chi connectivity index (χ4n) is 4.39. The summed E-state index contributed by atoms with van der Waals surface area (Å²) in [6, 6.07) is 8.52. The Labute approximate surface area is 168 Å². The largest absolute Gasteiger partial charge is 0.456 e. The highest BCUT2D eigenvalue weighted by atomic mass is 16.3. The lowest BCUT2D eigenvalue weighted by Crippen LogP contribution is -2.34. The van der Waals surface area contributed by atoms with Crippen molar-refractivity contribution in [3.8, 4) is 0 Å². The topological polar surface area (TPSA) is 42.2 Å². The monoisotopic (exact) mass is 379 g/mol. The van der Waals surface area contributed by atoms with Crippen molar-refractivity contribution >= 4 is 5.91 Å². The van der Waals surface area contributed by atoms with Crippen molar-refractivity contribution in [2.75, 3.05) is 6.54 Å². The molecule has 0 aliphatic heterocycles. The molecule has 1 N–H and O–H groups in total. The first-order valence-electron chi connectivity index (χ1n) is 10.7. The molecule has 3 heteroatoms. The van der Waals surface area contributed by atoms with Crippen LogP contribution >= 0.6 is 0 Å². The predicted molar refractivity (Wildman–Crippen MR) is 113 cm³/mol. The second-order valence-corrected chi connectivity index (χ2v) is 10.2. The molecular weight excluding hydrogens is 346 g/mol. The van der Waals surface area contributed by atoms with E-state index in [9.17, 15) is 4.79 Å². The molecule has 28 heavy (non-hydrogen) atoms. The van der Waals surface area contributed by atoms with Gasteiger partial charge in [0.05, 0.1) is 0 Å². The molecule has 0 saturated heterocycles. The molecule has 1 amide bonds. The van der Waals surface area contributed by atoms with E-state index in [2.05, 4.69) is 52.1 Å². The van der Waals surface area contributed by atoms with E-state index in [0.29, 0.717) is 11.7 Å². The lowest BCUT2D eigenvalue weighted by atomic mass is 9.62. The summed E-state index contributed by atoms with van der Waals surface area (Å²) in [5.41, 5.74) is 5.99. The Morgan fingerprint density at radius 1 is 1.07 bits per heavy atom. The summed E-state index contributed by atoms with van der Waals surface area (Å²) in [6.45, 7) is 12.4. The standard InChI is InChI=1S/C25H33NO2/c1-16-12-20-21(25(4,5)11-10-24(20,2)3)14-18(16)13-19-8-9-22(28-19)23(27)26-15-17-6-7-17/h8-9,12,14,17H,6-7,10-11,13,15H2,1-5H3,(H,26,27). The van der Waals surface area contributed by atoms with Crippen LogP contribution in [0.25, 0.3) is 0 Å². The number of fused-ring (bicyclic) bond motifs is 1. The Kier molecular flexibility index (Phi) is 4.68. The van der Waals surface area contributed by atoms with Gasteiger partial charge in [0, 0.05) is 13.0 Å². The van der Waals surface area contributed by atoms with Gasteiger partial charge in [0.1, 0.15) is 5.76 Å². The minimum Gasteiger partial charge on any atom is -0.456 e. The maximum atomic E-state index is 12.3. The van der Waals surface area contributed by atoms with Gasteiger partial charge in [-0.1, -0.05) is 39.8 Å². The van der Waals surface area contributed by atoms with Crippen molar-refractivity contribution in [1.29, 1.82) is 0 Å². The summed E-state index contributed by atoms with van der Waals surface area (Å²) < 4.78 is 5.88. The van der Waals surface area contributed by atoms with E-state index < -0.39 is 0 Å².